The predicted molar refractivity (Wildman–Crippen MR) is 123 cm³/mol. The zero-order valence-electron chi connectivity index (χ0n) is 16.3. The maximum absolute atomic E-state index is 12.8. The number of benzene rings is 1. The van der Waals surface area contributed by atoms with Gasteiger partial charge >= 0.3 is 0 Å². The lowest BCUT2D eigenvalue weighted by molar-refractivity contribution is 0.0952. The molecular formula is C22H19IN6O. The first kappa shape index (κ1) is 20.1. The lowest BCUT2D eigenvalue weighted by Crippen LogP contribution is -2.28. The minimum absolute atomic E-state index is 0.159. The Labute approximate surface area is 187 Å². The number of hydrogen-bond donors (Lipinski definition) is 1. The van der Waals surface area contributed by atoms with E-state index in [0.29, 0.717) is 30.0 Å². The highest BCUT2D eigenvalue weighted by Gasteiger charge is 2.14. The second-order valence-corrected chi connectivity index (χ2v) is 7.95. The average molecular weight is 510 g/mol. The van der Waals surface area contributed by atoms with Crippen molar-refractivity contribution in [3.05, 3.63) is 81.9 Å². The van der Waals surface area contributed by atoms with Gasteiger partial charge in [0, 0.05) is 40.5 Å². The summed E-state index contributed by atoms with van der Waals surface area (Å²) in [7, 11) is 0. The molecule has 3 aromatic heterocycles. The van der Waals surface area contributed by atoms with Crippen molar-refractivity contribution in [1.29, 1.82) is 0 Å². The zero-order chi connectivity index (χ0) is 20.9. The number of aromatic nitrogens is 5. The van der Waals surface area contributed by atoms with Crippen LogP contribution in [0.15, 0.2) is 67.3 Å². The number of pyridine rings is 1. The molecule has 150 valence electrons. The molecule has 0 saturated heterocycles. The van der Waals surface area contributed by atoms with Crippen LogP contribution in [0.2, 0.25) is 0 Å². The number of carbonyl (C=O) groups is 1. The first-order valence-corrected chi connectivity index (χ1v) is 10.5. The van der Waals surface area contributed by atoms with E-state index in [9.17, 15) is 4.79 Å². The maximum atomic E-state index is 12.8. The maximum Gasteiger partial charge on any atom is 0.252 e. The van der Waals surface area contributed by atoms with Gasteiger partial charge in [0.25, 0.3) is 5.91 Å². The Hall–Kier alpha value is -3.14. The topological polar surface area (TPSA) is 85.6 Å². The first-order valence-electron chi connectivity index (χ1n) is 9.42. The third kappa shape index (κ3) is 4.70. The summed E-state index contributed by atoms with van der Waals surface area (Å²) in [6, 6.07) is 13.3. The minimum atomic E-state index is -0.159. The van der Waals surface area contributed by atoms with E-state index in [1.54, 1.807) is 23.1 Å². The van der Waals surface area contributed by atoms with Gasteiger partial charge in [-0.25, -0.2) is 9.97 Å². The van der Waals surface area contributed by atoms with Crippen LogP contribution >= 0.6 is 22.6 Å². The molecule has 1 aromatic carbocycles. The smallest absolute Gasteiger partial charge is 0.252 e. The molecule has 0 fully saturated rings. The fraction of sp³-hybridized carbons (Fsp3) is 0.136. The average Bonchev–Trinajstić information content (AvgIpc) is 3.23. The molecular weight excluding hydrogens is 491 g/mol. The Morgan fingerprint density at radius 3 is 2.67 bits per heavy atom. The molecule has 0 spiro atoms. The molecule has 4 rings (SSSR count). The van der Waals surface area contributed by atoms with Crippen molar-refractivity contribution in [1.82, 2.24) is 30.0 Å². The van der Waals surface area contributed by atoms with Crippen LogP contribution in [-0.2, 0) is 6.54 Å². The van der Waals surface area contributed by atoms with Gasteiger partial charge in [-0.15, -0.1) is 0 Å². The molecule has 1 N–H and O–H groups in total. The molecule has 4 aromatic rings. The van der Waals surface area contributed by atoms with Crippen LogP contribution in [0.5, 0.6) is 0 Å². The molecule has 3 heterocycles. The molecule has 30 heavy (non-hydrogen) atoms. The number of aryl methyl sites for hydroxylation is 1. The van der Waals surface area contributed by atoms with Crippen molar-refractivity contribution in [2.75, 3.05) is 6.54 Å². The quantitative estimate of drug-likeness (QED) is 0.400. The SMILES string of the molecule is Cc1ccc(-c2ncccn2)c(C(=O)NCCn2ccc(-c3ccc(I)cn3)n2)c1. The van der Waals surface area contributed by atoms with Gasteiger partial charge in [-0.05, 0) is 59.8 Å². The van der Waals surface area contributed by atoms with Crippen LogP contribution in [0.1, 0.15) is 15.9 Å². The third-order valence-corrected chi connectivity index (χ3v) is 5.12. The largest absolute Gasteiger partial charge is 0.350 e. The molecule has 0 saturated carbocycles. The summed E-state index contributed by atoms with van der Waals surface area (Å²) in [5.74, 6) is 0.372. The molecule has 0 aliphatic rings. The van der Waals surface area contributed by atoms with Gasteiger partial charge in [0.15, 0.2) is 5.82 Å². The highest BCUT2D eigenvalue weighted by Crippen LogP contribution is 2.21. The van der Waals surface area contributed by atoms with E-state index in [-0.39, 0.29) is 5.91 Å². The minimum Gasteiger partial charge on any atom is -0.350 e. The highest BCUT2D eigenvalue weighted by atomic mass is 127. The summed E-state index contributed by atoms with van der Waals surface area (Å²) in [6.45, 7) is 2.96. The van der Waals surface area contributed by atoms with E-state index in [1.807, 2.05) is 55.7 Å². The van der Waals surface area contributed by atoms with Crippen LogP contribution in [0, 0.1) is 10.5 Å². The number of carbonyl (C=O) groups excluding carboxylic acids is 1. The zero-order valence-corrected chi connectivity index (χ0v) is 18.4. The van der Waals surface area contributed by atoms with Gasteiger partial charge in [0.1, 0.15) is 5.69 Å². The lowest BCUT2D eigenvalue weighted by Gasteiger charge is -2.10. The Balaban J connectivity index is 1.42. The fourth-order valence-corrected chi connectivity index (χ4v) is 3.33. The number of halogens is 1. The van der Waals surface area contributed by atoms with Crippen LogP contribution in [-0.4, -0.2) is 37.2 Å². The molecule has 0 atom stereocenters. The van der Waals surface area contributed by atoms with E-state index in [2.05, 4.69) is 48.0 Å². The Morgan fingerprint density at radius 1 is 1.07 bits per heavy atom. The molecule has 1 amide bonds. The van der Waals surface area contributed by atoms with Crippen LogP contribution in [0.4, 0.5) is 0 Å². The van der Waals surface area contributed by atoms with E-state index in [4.69, 9.17) is 0 Å². The van der Waals surface area contributed by atoms with Gasteiger partial charge < -0.3 is 5.32 Å². The van der Waals surface area contributed by atoms with Gasteiger partial charge in [0.2, 0.25) is 0 Å². The summed E-state index contributed by atoms with van der Waals surface area (Å²) >= 11 is 2.22. The standard InChI is InChI=1S/C22H19IN6O/c1-15-3-5-17(21-24-8-2-9-25-21)18(13-15)22(30)26-10-12-29-11-7-20(28-29)19-6-4-16(23)14-27-19/h2-9,11,13-14H,10,12H2,1H3,(H,26,30). The number of hydrogen-bond acceptors (Lipinski definition) is 5. The number of nitrogens with zero attached hydrogens (tertiary/aromatic N) is 5. The van der Waals surface area contributed by atoms with Crippen molar-refractivity contribution in [3.8, 4) is 22.8 Å². The van der Waals surface area contributed by atoms with Crippen molar-refractivity contribution in [2.24, 2.45) is 0 Å². The second-order valence-electron chi connectivity index (χ2n) is 6.70. The Bertz CT molecular complexity index is 1160. The Morgan fingerprint density at radius 2 is 1.90 bits per heavy atom. The summed E-state index contributed by atoms with van der Waals surface area (Å²) < 4.78 is 2.88. The van der Waals surface area contributed by atoms with E-state index in [1.165, 1.54) is 0 Å². The first-order chi connectivity index (χ1) is 14.6. The molecule has 0 aliphatic heterocycles. The van der Waals surface area contributed by atoms with Crippen molar-refractivity contribution < 1.29 is 4.79 Å². The van der Waals surface area contributed by atoms with E-state index < -0.39 is 0 Å². The predicted octanol–water partition coefficient (Wildman–Crippen LogP) is 3.75. The van der Waals surface area contributed by atoms with Crippen LogP contribution in [0.3, 0.4) is 0 Å². The molecule has 0 aliphatic carbocycles. The molecule has 0 radical (unpaired) electrons. The lowest BCUT2D eigenvalue weighted by atomic mass is 10.0. The van der Waals surface area contributed by atoms with Crippen molar-refractivity contribution in [2.45, 2.75) is 13.5 Å². The van der Waals surface area contributed by atoms with Gasteiger partial charge in [0.05, 0.1) is 17.8 Å². The molecule has 0 unspecified atom stereocenters. The van der Waals surface area contributed by atoms with Gasteiger partial charge in [-0.2, -0.15) is 5.10 Å². The summed E-state index contributed by atoms with van der Waals surface area (Å²) in [5, 5.41) is 7.51. The van der Waals surface area contributed by atoms with Crippen molar-refractivity contribution >= 4 is 28.5 Å². The van der Waals surface area contributed by atoms with E-state index >= 15 is 0 Å². The van der Waals surface area contributed by atoms with E-state index in [0.717, 1.165) is 20.5 Å². The van der Waals surface area contributed by atoms with Gasteiger partial charge in [-0.3, -0.25) is 14.5 Å². The second kappa shape index (κ2) is 9.12. The summed E-state index contributed by atoms with van der Waals surface area (Å²) in [5.41, 5.74) is 3.90. The molecule has 8 heteroatoms. The molecule has 0 bridgehead atoms. The summed E-state index contributed by atoms with van der Waals surface area (Å²) in [6.07, 6.45) is 7.03. The normalized spacial score (nSPS) is 10.7. The monoisotopic (exact) mass is 510 g/mol. The molecule has 7 nitrogen and oxygen atoms in total. The van der Waals surface area contributed by atoms with Crippen LogP contribution < -0.4 is 5.32 Å². The van der Waals surface area contributed by atoms with Gasteiger partial charge in [-0.1, -0.05) is 17.7 Å². The number of nitrogens with one attached hydrogen (secondary N) is 1. The summed E-state index contributed by atoms with van der Waals surface area (Å²) in [4.78, 5) is 25.8. The van der Waals surface area contributed by atoms with Crippen molar-refractivity contribution in [3.63, 3.8) is 0 Å². The van der Waals surface area contributed by atoms with Crippen LogP contribution in [0.25, 0.3) is 22.8 Å². The highest BCUT2D eigenvalue weighted by molar-refractivity contribution is 14.1. The fourth-order valence-electron chi connectivity index (χ4n) is 3.01. The third-order valence-electron chi connectivity index (χ3n) is 4.48. The Kier molecular flexibility index (Phi) is 6.12. The number of rotatable bonds is 6. The number of amides is 1.